The van der Waals surface area contributed by atoms with Crippen LogP contribution < -0.4 is 0 Å². The minimum atomic E-state index is 0.104. The smallest absolute Gasteiger partial charge is 0.276 e. The molecule has 1 unspecified atom stereocenters. The Kier molecular flexibility index (Phi) is 4.25. The predicted octanol–water partition coefficient (Wildman–Crippen LogP) is 1.87. The summed E-state index contributed by atoms with van der Waals surface area (Å²) in [4.78, 5) is 23.2. The molecule has 0 aliphatic carbocycles. The Morgan fingerprint density at radius 2 is 2.08 bits per heavy atom. The van der Waals surface area contributed by atoms with E-state index < -0.39 is 0 Å². The molecule has 1 atom stereocenters. The molecule has 0 radical (unpaired) electrons. The van der Waals surface area contributed by atoms with Crippen LogP contribution in [0.3, 0.4) is 0 Å². The van der Waals surface area contributed by atoms with Gasteiger partial charge in [-0.15, -0.1) is 0 Å². The zero-order valence-electron chi connectivity index (χ0n) is 13.4. The fourth-order valence-corrected chi connectivity index (χ4v) is 3.37. The van der Waals surface area contributed by atoms with Gasteiger partial charge < -0.3 is 14.2 Å². The first kappa shape index (κ1) is 15.3. The van der Waals surface area contributed by atoms with Crippen LogP contribution in [0.2, 0.25) is 0 Å². The van der Waals surface area contributed by atoms with Crippen molar-refractivity contribution in [2.45, 2.75) is 25.2 Å². The van der Waals surface area contributed by atoms with Crippen molar-refractivity contribution in [2.24, 2.45) is 5.92 Å². The highest BCUT2D eigenvalue weighted by Crippen LogP contribution is 2.29. The molecule has 0 spiro atoms. The number of carbonyl (C=O) groups is 1. The zero-order valence-corrected chi connectivity index (χ0v) is 13.4. The van der Waals surface area contributed by atoms with Crippen molar-refractivity contribution in [3.05, 3.63) is 30.2 Å². The number of hydrogen-bond acceptors (Lipinski definition) is 6. The predicted molar refractivity (Wildman–Crippen MR) is 85.0 cm³/mol. The summed E-state index contributed by atoms with van der Waals surface area (Å²) < 4.78 is 10.7. The maximum absolute atomic E-state index is 12.6. The van der Waals surface area contributed by atoms with E-state index in [1.54, 1.807) is 6.20 Å². The maximum Gasteiger partial charge on any atom is 0.276 e. The minimum Gasteiger partial charge on any atom is -0.381 e. The molecule has 2 aliphatic rings. The lowest BCUT2D eigenvalue weighted by molar-refractivity contribution is -0.137. The average Bonchev–Trinajstić information content (AvgIpc) is 3.32. The summed E-state index contributed by atoms with van der Waals surface area (Å²) in [6, 6.07) is 5.57. The van der Waals surface area contributed by atoms with E-state index in [-0.39, 0.29) is 17.7 Å². The monoisotopic (exact) mass is 328 g/mol. The van der Waals surface area contributed by atoms with Crippen molar-refractivity contribution in [2.75, 3.05) is 26.3 Å². The number of rotatable bonds is 3. The maximum atomic E-state index is 12.6. The van der Waals surface area contributed by atoms with Gasteiger partial charge in [0.1, 0.15) is 5.69 Å². The molecule has 24 heavy (non-hydrogen) atoms. The molecule has 4 heterocycles. The van der Waals surface area contributed by atoms with Crippen molar-refractivity contribution in [1.82, 2.24) is 20.0 Å². The van der Waals surface area contributed by atoms with Gasteiger partial charge in [0.15, 0.2) is 5.82 Å². The molecule has 7 nitrogen and oxygen atoms in total. The number of ether oxygens (including phenoxy) is 1. The molecule has 4 rings (SSSR count). The van der Waals surface area contributed by atoms with Gasteiger partial charge in [0, 0.05) is 44.3 Å². The second-order valence-electron chi connectivity index (χ2n) is 6.33. The first-order valence-electron chi connectivity index (χ1n) is 8.43. The van der Waals surface area contributed by atoms with Crippen LogP contribution in [-0.2, 0) is 9.53 Å². The van der Waals surface area contributed by atoms with E-state index in [4.69, 9.17) is 9.26 Å². The van der Waals surface area contributed by atoms with Gasteiger partial charge in [-0.05, 0) is 31.4 Å². The standard InChI is InChI=1S/C17H20N4O3/c22-17(12-5-9-23-10-6-12)21-8-4-13(11-21)15-19-16(24-20-15)14-3-1-2-7-18-14/h1-3,7,12-13H,4-6,8-11H2. The number of hydrogen-bond donors (Lipinski definition) is 0. The van der Waals surface area contributed by atoms with Crippen molar-refractivity contribution < 1.29 is 14.1 Å². The second kappa shape index (κ2) is 6.68. The number of nitrogens with zero attached hydrogens (tertiary/aromatic N) is 4. The van der Waals surface area contributed by atoms with Crippen LogP contribution in [0.25, 0.3) is 11.6 Å². The Bertz CT molecular complexity index is 697. The highest BCUT2D eigenvalue weighted by Gasteiger charge is 2.34. The van der Waals surface area contributed by atoms with Gasteiger partial charge in [-0.3, -0.25) is 9.78 Å². The summed E-state index contributed by atoms with van der Waals surface area (Å²) in [5, 5.41) is 4.10. The van der Waals surface area contributed by atoms with Gasteiger partial charge in [0.2, 0.25) is 5.91 Å². The van der Waals surface area contributed by atoms with Crippen LogP contribution in [0, 0.1) is 5.92 Å². The van der Waals surface area contributed by atoms with E-state index in [1.807, 2.05) is 23.1 Å². The molecular formula is C17H20N4O3. The lowest BCUT2D eigenvalue weighted by Crippen LogP contribution is -2.37. The zero-order chi connectivity index (χ0) is 16.4. The first-order valence-corrected chi connectivity index (χ1v) is 8.43. The van der Waals surface area contributed by atoms with E-state index >= 15 is 0 Å². The van der Waals surface area contributed by atoms with Crippen LogP contribution >= 0.6 is 0 Å². The molecule has 126 valence electrons. The largest absolute Gasteiger partial charge is 0.381 e. The third-order valence-electron chi connectivity index (χ3n) is 4.76. The fourth-order valence-electron chi connectivity index (χ4n) is 3.37. The normalized spacial score (nSPS) is 22.0. The number of carbonyl (C=O) groups excluding carboxylic acids is 1. The third kappa shape index (κ3) is 3.03. The Morgan fingerprint density at radius 1 is 1.21 bits per heavy atom. The van der Waals surface area contributed by atoms with Crippen molar-refractivity contribution in [1.29, 1.82) is 0 Å². The molecule has 0 bridgehead atoms. The number of amides is 1. The van der Waals surface area contributed by atoms with Crippen LogP contribution in [-0.4, -0.2) is 52.2 Å². The van der Waals surface area contributed by atoms with Crippen LogP contribution in [0.15, 0.2) is 28.9 Å². The first-order chi connectivity index (χ1) is 11.8. The second-order valence-corrected chi connectivity index (χ2v) is 6.33. The summed E-state index contributed by atoms with van der Waals surface area (Å²) in [6.45, 7) is 2.80. The summed E-state index contributed by atoms with van der Waals surface area (Å²) >= 11 is 0. The van der Waals surface area contributed by atoms with Crippen LogP contribution in [0.5, 0.6) is 0 Å². The van der Waals surface area contributed by atoms with Gasteiger partial charge in [-0.1, -0.05) is 11.2 Å². The van der Waals surface area contributed by atoms with Gasteiger partial charge in [0.25, 0.3) is 5.89 Å². The van der Waals surface area contributed by atoms with Crippen LogP contribution in [0.1, 0.15) is 31.0 Å². The van der Waals surface area contributed by atoms with Crippen molar-refractivity contribution in [3.8, 4) is 11.6 Å². The van der Waals surface area contributed by atoms with E-state index in [0.717, 1.165) is 25.8 Å². The Labute approximate surface area is 140 Å². The highest BCUT2D eigenvalue weighted by atomic mass is 16.5. The Hall–Kier alpha value is -2.28. The van der Waals surface area contributed by atoms with E-state index in [2.05, 4.69) is 15.1 Å². The SMILES string of the molecule is O=C(C1CCOCC1)N1CCC(c2noc(-c3ccccn3)n2)C1. The fraction of sp³-hybridized carbons (Fsp3) is 0.529. The Balaban J connectivity index is 1.42. The lowest BCUT2D eigenvalue weighted by Gasteiger charge is -2.26. The summed E-state index contributed by atoms with van der Waals surface area (Å²) in [7, 11) is 0. The molecule has 2 aromatic rings. The van der Waals surface area contributed by atoms with Gasteiger partial charge >= 0.3 is 0 Å². The molecule has 0 saturated carbocycles. The van der Waals surface area contributed by atoms with Crippen molar-refractivity contribution in [3.63, 3.8) is 0 Å². The molecule has 1 amide bonds. The molecular weight excluding hydrogens is 308 g/mol. The van der Waals surface area contributed by atoms with Gasteiger partial charge in [-0.25, -0.2) is 0 Å². The number of likely N-dealkylation sites (tertiary alicyclic amines) is 1. The third-order valence-corrected chi connectivity index (χ3v) is 4.76. The number of aromatic nitrogens is 3. The molecule has 2 aromatic heterocycles. The Morgan fingerprint density at radius 3 is 2.88 bits per heavy atom. The van der Waals surface area contributed by atoms with E-state index in [9.17, 15) is 4.79 Å². The van der Waals surface area contributed by atoms with Gasteiger partial charge in [-0.2, -0.15) is 4.98 Å². The summed E-state index contributed by atoms with van der Waals surface area (Å²) in [5.41, 5.74) is 0.671. The van der Waals surface area contributed by atoms with Gasteiger partial charge in [0.05, 0.1) is 0 Å². The van der Waals surface area contributed by atoms with E-state index in [1.165, 1.54) is 0 Å². The number of pyridine rings is 1. The molecule has 2 aliphatic heterocycles. The molecule has 0 aromatic carbocycles. The van der Waals surface area contributed by atoms with Crippen molar-refractivity contribution >= 4 is 5.91 Å². The molecule has 0 N–H and O–H groups in total. The lowest BCUT2D eigenvalue weighted by atomic mass is 9.99. The topological polar surface area (TPSA) is 81.4 Å². The summed E-state index contributed by atoms with van der Waals surface area (Å²) in [6.07, 6.45) is 4.22. The average molecular weight is 328 g/mol. The highest BCUT2D eigenvalue weighted by molar-refractivity contribution is 5.79. The van der Waals surface area contributed by atoms with E-state index in [0.29, 0.717) is 37.2 Å². The van der Waals surface area contributed by atoms with Crippen LogP contribution in [0.4, 0.5) is 0 Å². The molecule has 2 fully saturated rings. The molecule has 7 heteroatoms. The minimum absolute atomic E-state index is 0.104. The molecule has 2 saturated heterocycles. The summed E-state index contributed by atoms with van der Waals surface area (Å²) in [5.74, 6) is 1.58. The quantitative estimate of drug-likeness (QED) is 0.855.